The van der Waals surface area contributed by atoms with Crippen molar-refractivity contribution in [1.82, 2.24) is 9.80 Å². The monoisotopic (exact) mass is 397 g/mol. The molecule has 0 spiro atoms. The Hall–Kier alpha value is -3.37. The van der Waals surface area contributed by atoms with Crippen LogP contribution in [0.3, 0.4) is 0 Å². The van der Waals surface area contributed by atoms with Gasteiger partial charge in [-0.25, -0.2) is 0 Å². The first-order chi connectivity index (χ1) is 14.7. The Kier molecular flexibility index (Phi) is 6.26. The molecule has 1 heterocycles. The van der Waals surface area contributed by atoms with Crippen molar-refractivity contribution in [2.24, 2.45) is 0 Å². The van der Waals surface area contributed by atoms with Crippen molar-refractivity contribution in [2.45, 2.75) is 6.04 Å². The minimum Gasteiger partial charge on any atom is -0.399 e. The van der Waals surface area contributed by atoms with Gasteiger partial charge in [-0.3, -0.25) is 9.69 Å². The zero-order valence-electron chi connectivity index (χ0n) is 17.0. The molecule has 2 N–H and O–H groups in total. The number of anilines is 1. The van der Waals surface area contributed by atoms with Crippen molar-refractivity contribution in [3.63, 3.8) is 0 Å². The molecular formula is C26H27N3O. The summed E-state index contributed by atoms with van der Waals surface area (Å²) in [6.45, 7) is 3.13. The lowest BCUT2D eigenvalue weighted by atomic mass is 9.96. The van der Waals surface area contributed by atoms with Gasteiger partial charge in [-0.2, -0.15) is 0 Å². The lowest BCUT2D eigenvalue weighted by Gasteiger charge is -2.39. The zero-order valence-corrected chi connectivity index (χ0v) is 17.0. The quantitative estimate of drug-likeness (QED) is 0.518. The Balaban J connectivity index is 1.43. The Morgan fingerprint density at radius 1 is 0.767 bits per heavy atom. The second kappa shape index (κ2) is 9.42. The predicted molar refractivity (Wildman–Crippen MR) is 123 cm³/mol. The van der Waals surface area contributed by atoms with Crippen LogP contribution in [0.4, 0.5) is 5.69 Å². The average molecular weight is 398 g/mol. The third-order valence-electron chi connectivity index (χ3n) is 5.58. The van der Waals surface area contributed by atoms with E-state index in [9.17, 15) is 4.79 Å². The van der Waals surface area contributed by atoms with E-state index in [0.717, 1.165) is 37.4 Å². The van der Waals surface area contributed by atoms with Crippen LogP contribution in [0.15, 0.2) is 91.0 Å². The highest BCUT2D eigenvalue weighted by atomic mass is 16.2. The van der Waals surface area contributed by atoms with Gasteiger partial charge in [-0.1, -0.05) is 72.8 Å². The molecule has 4 heteroatoms. The lowest BCUT2D eigenvalue weighted by Crippen LogP contribution is -2.49. The van der Waals surface area contributed by atoms with E-state index >= 15 is 0 Å². The summed E-state index contributed by atoms with van der Waals surface area (Å²) in [5, 5.41) is 0. The fraction of sp³-hybridized carbons (Fsp3) is 0.192. The van der Waals surface area contributed by atoms with Gasteiger partial charge in [0, 0.05) is 37.9 Å². The molecule has 3 aromatic carbocycles. The van der Waals surface area contributed by atoms with E-state index in [1.165, 1.54) is 11.1 Å². The molecule has 4 rings (SSSR count). The summed E-state index contributed by atoms with van der Waals surface area (Å²) < 4.78 is 0. The van der Waals surface area contributed by atoms with Crippen LogP contribution in [0.5, 0.6) is 0 Å². The number of nitrogens with two attached hydrogens (primary N) is 1. The highest BCUT2D eigenvalue weighted by molar-refractivity contribution is 5.91. The number of carbonyl (C=O) groups excluding carboxylic acids is 1. The summed E-state index contributed by atoms with van der Waals surface area (Å²) in [5.74, 6) is 0.0578. The normalized spacial score (nSPS) is 15.0. The Morgan fingerprint density at radius 2 is 1.30 bits per heavy atom. The largest absolute Gasteiger partial charge is 0.399 e. The molecule has 0 aromatic heterocycles. The van der Waals surface area contributed by atoms with Gasteiger partial charge in [0.05, 0.1) is 6.04 Å². The summed E-state index contributed by atoms with van der Waals surface area (Å²) in [7, 11) is 0. The second-order valence-electron chi connectivity index (χ2n) is 7.59. The molecule has 152 valence electrons. The highest BCUT2D eigenvalue weighted by Crippen LogP contribution is 2.29. The molecule has 30 heavy (non-hydrogen) atoms. The third kappa shape index (κ3) is 4.78. The number of hydrogen-bond acceptors (Lipinski definition) is 3. The topological polar surface area (TPSA) is 49.6 Å². The first-order valence-corrected chi connectivity index (χ1v) is 10.4. The van der Waals surface area contributed by atoms with Crippen molar-refractivity contribution >= 4 is 17.7 Å². The number of nitrogen functional groups attached to an aromatic ring is 1. The number of piperazine rings is 1. The molecule has 1 fully saturated rings. The molecule has 0 bridgehead atoms. The van der Waals surface area contributed by atoms with E-state index in [2.05, 4.69) is 65.6 Å². The van der Waals surface area contributed by atoms with Crippen LogP contribution < -0.4 is 5.73 Å². The van der Waals surface area contributed by atoms with Gasteiger partial charge in [0.2, 0.25) is 5.91 Å². The Morgan fingerprint density at radius 3 is 1.83 bits per heavy atom. The van der Waals surface area contributed by atoms with Crippen molar-refractivity contribution in [1.29, 1.82) is 0 Å². The van der Waals surface area contributed by atoms with Crippen molar-refractivity contribution < 1.29 is 4.79 Å². The lowest BCUT2D eigenvalue weighted by molar-refractivity contribution is -0.127. The van der Waals surface area contributed by atoms with Crippen LogP contribution in [0.2, 0.25) is 0 Å². The number of rotatable bonds is 5. The van der Waals surface area contributed by atoms with E-state index in [1.807, 2.05) is 35.2 Å². The van der Waals surface area contributed by atoms with E-state index in [4.69, 9.17) is 5.73 Å². The molecule has 0 atom stereocenters. The van der Waals surface area contributed by atoms with Gasteiger partial charge in [0.15, 0.2) is 0 Å². The minimum absolute atomic E-state index is 0.0578. The first kappa shape index (κ1) is 19.9. The number of carbonyl (C=O) groups is 1. The van der Waals surface area contributed by atoms with Crippen molar-refractivity contribution in [3.8, 4) is 0 Å². The fourth-order valence-electron chi connectivity index (χ4n) is 3.97. The molecule has 1 aliphatic rings. The average Bonchev–Trinajstić information content (AvgIpc) is 2.81. The van der Waals surface area contributed by atoms with Gasteiger partial charge < -0.3 is 10.6 Å². The molecular weight excluding hydrogens is 370 g/mol. The zero-order chi connectivity index (χ0) is 20.8. The van der Waals surface area contributed by atoms with Gasteiger partial charge in [0.25, 0.3) is 0 Å². The van der Waals surface area contributed by atoms with E-state index in [0.29, 0.717) is 0 Å². The second-order valence-corrected chi connectivity index (χ2v) is 7.59. The van der Waals surface area contributed by atoms with Gasteiger partial charge in [-0.05, 0) is 34.9 Å². The molecule has 4 nitrogen and oxygen atoms in total. The van der Waals surface area contributed by atoms with Crippen molar-refractivity contribution in [2.75, 3.05) is 31.9 Å². The van der Waals surface area contributed by atoms with Crippen LogP contribution in [0.25, 0.3) is 6.08 Å². The first-order valence-electron chi connectivity index (χ1n) is 10.4. The molecule has 0 aliphatic carbocycles. The molecule has 0 saturated carbocycles. The molecule has 1 saturated heterocycles. The van der Waals surface area contributed by atoms with Gasteiger partial charge in [0.1, 0.15) is 0 Å². The Labute approximate surface area is 178 Å². The number of hydrogen-bond donors (Lipinski definition) is 1. The molecule has 1 amide bonds. The smallest absolute Gasteiger partial charge is 0.246 e. The summed E-state index contributed by atoms with van der Waals surface area (Å²) >= 11 is 0. The van der Waals surface area contributed by atoms with Crippen LogP contribution in [0, 0.1) is 0 Å². The van der Waals surface area contributed by atoms with Crippen LogP contribution in [-0.2, 0) is 4.79 Å². The van der Waals surface area contributed by atoms with E-state index in [1.54, 1.807) is 6.08 Å². The van der Waals surface area contributed by atoms with Crippen LogP contribution in [0.1, 0.15) is 22.7 Å². The van der Waals surface area contributed by atoms with Gasteiger partial charge >= 0.3 is 0 Å². The number of nitrogens with zero attached hydrogens (tertiary/aromatic N) is 2. The summed E-state index contributed by atoms with van der Waals surface area (Å²) in [5.41, 5.74) is 9.98. The maximum absolute atomic E-state index is 12.7. The molecule has 0 unspecified atom stereocenters. The van der Waals surface area contributed by atoms with Crippen molar-refractivity contribution in [3.05, 3.63) is 108 Å². The fourth-order valence-corrected chi connectivity index (χ4v) is 3.97. The number of benzene rings is 3. The van der Waals surface area contributed by atoms with Gasteiger partial charge in [-0.15, -0.1) is 0 Å². The van der Waals surface area contributed by atoms with Crippen LogP contribution in [-0.4, -0.2) is 41.9 Å². The molecule has 0 radical (unpaired) electrons. The molecule has 3 aromatic rings. The summed E-state index contributed by atoms with van der Waals surface area (Å²) in [6, 6.07) is 28.9. The summed E-state index contributed by atoms with van der Waals surface area (Å²) in [6.07, 6.45) is 3.51. The van der Waals surface area contributed by atoms with Crippen LogP contribution >= 0.6 is 0 Å². The van der Waals surface area contributed by atoms with E-state index < -0.39 is 0 Å². The van der Waals surface area contributed by atoms with E-state index in [-0.39, 0.29) is 11.9 Å². The minimum atomic E-state index is 0.0578. The standard InChI is InChI=1S/C26H27N3O/c27-24-14-11-21(12-15-24)13-16-25(30)28-17-19-29(20-18-28)26(22-7-3-1-4-8-22)23-9-5-2-6-10-23/h1-16,26H,17-20,27H2. The maximum atomic E-state index is 12.7. The maximum Gasteiger partial charge on any atom is 0.246 e. The predicted octanol–water partition coefficient (Wildman–Crippen LogP) is 4.22. The number of amides is 1. The Bertz CT molecular complexity index is 936. The highest BCUT2D eigenvalue weighted by Gasteiger charge is 2.27. The summed E-state index contributed by atoms with van der Waals surface area (Å²) in [4.78, 5) is 17.0. The SMILES string of the molecule is Nc1ccc(C=CC(=O)N2CCN(C(c3ccccc3)c3ccccc3)CC2)cc1. The molecule has 1 aliphatic heterocycles. The third-order valence-corrected chi connectivity index (χ3v) is 5.58.